The Labute approximate surface area is 187 Å². The van der Waals surface area contributed by atoms with Crippen LogP contribution in [0.4, 0.5) is 5.69 Å². The van der Waals surface area contributed by atoms with E-state index in [-0.39, 0.29) is 47.9 Å². The van der Waals surface area contributed by atoms with Crippen LogP contribution in [0, 0.1) is 13.8 Å². The molecule has 0 aliphatic rings. The van der Waals surface area contributed by atoms with Gasteiger partial charge in [-0.3, -0.25) is 4.99 Å². The van der Waals surface area contributed by atoms with Crippen LogP contribution >= 0.6 is 35.6 Å². The Morgan fingerprint density at radius 1 is 1.21 bits per heavy atom. The molecule has 0 amide bonds. The van der Waals surface area contributed by atoms with E-state index in [2.05, 4.69) is 15.0 Å². The maximum absolute atomic E-state index is 12.4. The summed E-state index contributed by atoms with van der Waals surface area (Å²) in [5, 5.41) is 3.33. The molecule has 28 heavy (non-hydrogen) atoms. The molecule has 0 radical (unpaired) electrons. The van der Waals surface area contributed by atoms with Crippen LogP contribution in [0.15, 0.2) is 46.3 Å². The van der Waals surface area contributed by atoms with E-state index in [4.69, 9.17) is 22.1 Å². The number of halogens is 2. The van der Waals surface area contributed by atoms with Gasteiger partial charge in [0, 0.05) is 12.2 Å². The summed E-state index contributed by atoms with van der Waals surface area (Å²) in [6.07, 6.45) is 0. The molecule has 0 atom stereocenters. The van der Waals surface area contributed by atoms with Crippen LogP contribution in [-0.4, -0.2) is 34.6 Å². The first kappa shape index (κ1) is 24.5. The van der Waals surface area contributed by atoms with Gasteiger partial charge in [-0.15, -0.1) is 24.0 Å². The monoisotopic (exact) mass is 538 g/mol. The van der Waals surface area contributed by atoms with E-state index in [1.807, 2.05) is 13.0 Å². The number of methoxy groups -OCH3 is 1. The highest BCUT2D eigenvalue weighted by atomic mass is 127. The number of nitrogens with one attached hydrogen (secondary N) is 2. The third-order valence-electron chi connectivity index (χ3n) is 3.74. The molecular formula is C18H24ClIN4O3S. The molecule has 7 nitrogen and oxygen atoms in total. The number of nitrogens with two attached hydrogens (primary N) is 1. The van der Waals surface area contributed by atoms with E-state index in [9.17, 15) is 8.42 Å². The van der Waals surface area contributed by atoms with E-state index >= 15 is 0 Å². The fraction of sp³-hybridized carbons (Fsp3) is 0.278. The van der Waals surface area contributed by atoms with E-state index < -0.39 is 10.0 Å². The van der Waals surface area contributed by atoms with Gasteiger partial charge in [-0.05, 0) is 49.2 Å². The van der Waals surface area contributed by atoms with E-state index in [1.54, 1.807) is 37.3 Å². The average molecular weight is 539 g/mol. The predicted molar refractivity (Wildman–Crippen MR) is 125 cm³/mol. The molecule has 2 aromatic rings. The number of ether oxygens (including phenoxy) is 1. The van der Waals surface area contributed by atoms with E-state index in [0.29, 0.717) is 22.0 Å². The molecule has 4 N–H and O–H groups in total. The van der Waals surface area contributed by atoms with Crippen LogP contribution in [-0.2, 0) is 10.0 Å². The van der Waals surface area contributed by atoms with Gasteiger partial charge in [-0.1, -0.05) is 23.7 Å². The highest BCUT2D eigenvalue weighted by molar-refractivity contribution is 14.0. The summed E-state index contributed by atoms with van der Waals surface area (Å²) >= 11 is 6.05. The second kappa shape index (κ2) is 10.8. The Morgan fingerprint density at radius 3 is 2.57 bits per heavy atom. The van der Waals surface area contributed by atoms with Crippen LogP contribution < -0.4 is 20.5 Å². The first-order chi connectivity index (χ1) is 12.7. The molecule has 10 heteroatoms. The Morgan fingerprint density at radius 2 is 1.93 bits per heavy atom. The Hall–Kier alpha value is -1.56. The van der Waals surface area contributed by atoms with Crippen molar-refractivity contribution in [3.8, 4) is 5.75 Å². The number of benzene rings is 2. The molecule has 0 unspecified atom stereocenters. The van der Waals surface area contributed by atoms with Gasteiger partial charge in [0.1, 0.15) is 5.75 Å². The molecule has 0 aliphatic heterocycles. The summed E-state index contributed by atoms with van der Waals surface area (Å²) in [5.74, 6) is 0.709. The Kier molecular flexibility index (Phi) is 9.48. The van der Waals surface area contributed by atoms with Gasteiger partial charge >= 0.3 is 0 Å². The van der Waals surface area contributed by atoms with Crippen molar-refractivity contribution in [3.63, 3.8) is 0 Å². The van der Waals surface area contributed by atoms with Crippen molar-refractivity contribution in [2.75, 3.05) is 25.5 Å². The van der Waals surface area contributed by atoms with Crippen LogP contribution in [0.25, 0.3) is 0 Å². The lowest BCUT2D eigenvalue weighted by Gasteiger charge is -2.10. The van der Waals surface area contributed by atoms with Crippen molar-refractivity contribution in [1.29, 1.82) is 0 Å². The largest absolute Gasteiger partial charge is 0.495 e. The maximum Gasteiger partial charge on any atom is 0.240 e. The van der Waals surface area contributed by atoms with Crippen molar-refractivity contribution < 1.29 is 13.2 Å². The van der Waals surface area contributed by atoms with Crippen LogP contribution in [0.2, 0.25) is 5.02 Å². The third-order valence-corrected chi connectivity index (χ3v) is 5.64. The Bertz CT molecular complexity index is 952. The summed E-state index contributed by atoms with van der Waals surface area (Å²) in [6.45, 7) is 3.92. The molecule has 0 bridgehead atoms. The predicted octanol–water partition coefficient (Wildman–Crippen LogP) is 3.29. The first-order valence-electron chi connectivity index (χ1n) is 8.20. The lowest BCUT2D eigenvalue weighted by molar-refractivity contribution is 0.415. The number of nitrogens with zero attached hydrogens (tertiary/aromatic N) is 1. The topological polar surface area (TPSA) is 106 Å². The normalized spacial score (nSPS) is 11.6. The number of rotatable bonds is 7. The first-order valence-corrected chi connectivity index (χ1v) is 10.1. The van der Waals surface area contributed by atoms with Crippen molar-refractivity contribution in [1.82, 2.24) is 4.72 Å². The molecule has 0 aromatic heterocycles. The minimum atomic E-state index is -3.60. The van der Waals surface area contributed by atoms with Crippen molar-refractivity contribution in [2.45, 2.75) is 18.7 Å². The van der Waals surface area contributed by atoms with Crippen LogP contribution in [0.5, 0.6) is 5.75 Å². The second-order valence-corrected chi connectivity index (χ2v) is 8.05. The molecule has 0 spiro atoms. The molecule has 0 saturated carbocycles. The number of aryl methyl sites for hydroxylation is 2. The summed E-state index contributed by atoms with van der Waals surface area (Å²) in [4.78, 5) is 4.38. The number of sulfonamides is 1. The van der Waals surface area contributed by atoms with E-state index in [1.165, 1.54) is 7.11 Å². The van der Waals surface area contributed by atoms with Gasteiger partial charge in [0.2, 0.25) is 10.0 Å². The fourth-order valence-electron chi connectivity index (χ4n) is 2.36. The third kappa shape index (κ3) is 6.80. The Balaban J connectivity index is 0.00000392. The molecule has 2 aromatic carbocycles. The number of hydrogen-bond donors (Lipinski definition) is 3. The van der Waals surface area contributed by atoms with Gasteiger partial charge in [0.25, 0.3) is 0 Å². The zero-order valence-electron chi connectivity index (χ0n) is 15.8. The summed E-state index contributed by atoms with van der Waals surface area (Å²) in [5.41, 5.74) is 8.04. The van der Waals surface area contributed by atoms with Gasteiger partial charge in [0.05, 0.1) is 23.6 Å². The number of hydrogen-bond acceptors (Lipinski definition) is 4. The average Bonchev–Trinajstić information content (AvgIpc) is 2.61. The number of aliphatic imine (C=N–C) groups is 1. The lowest BCUT2D eigenvalue weighted by atomic mass is 10.2. The van der Waals surface area contributed by atoms with Gasteiger partial charge in [-0.2, -0.15) is 0 Å². The van der Waals surface area contributed by atoms with Gasteiger partial charge in [-0.25, -0.2) is 13.1 Å². The quantitative estimate of drug-likeness (QED) is 0.217. The summed E-state index contributed by atoms with van der Waals surface area (Å²) in [7, 11) is -2.06. The highest BCUT2D eigenvalue weighted by Gasteiger charge is 2.16. The zero-order chi connectivity index (χ0) is 20.0. The number of guanidine groups is 1. The van der Waals surface area contributed by atoms with Crippen LogP contribution in [0.1, 0.15) is 11.1 Å². The van der Waals surface area contributed by atoms with Gasteiger partial charge < -0.3 is 15.8 Å². The molecule has 0 saturated heterocycles. The second-order valence-electron chi connectivity index (χ2n) is 5.91. The maximum atomic E-state index is 12.4. The minimum Gasteiger partial charge on any atom is -0.495 e. The van der Waals surface area contributed by atoms with Gasteiger partial charge in [0.15, 0.2) is 5.96 Å². The standard InChI is InChI=1S/C18H23ClN4O3S.HI/c1-12-4-5-13(2)17(10-12)27(24,25)22-9-8-21-18(20)23-14-6-7-16(26-3)15(19)11-14;/h4-7,10-11,22H,8-9H2,1-3H3,(H3,20,21,23);1H. The van der Waals surface area contributed by atoms with Crippen molar-refractivity contribution in [2.24, 2.45) is 10.7 Å². The molecule has 0 aliphatic carbocycles. The molecule has 154 valence electrons. The zero-order valence-corrected chi connectivity index (χ0v) is 19.7. The van der Waals surface area contributed by atoms with E-state index in [0.717, 1.165) is 5.56 Å². The number of anilines is 1. The summed E-state index contributed by atoms with van der Waals surface area (Å²) < 4.78 is 32.4. The fourth-order valence-corrected chi connectivity index (χ4v) is 3.97. The van der Waals surface area contributed by atoms with Crippen molar-refractivity contribution in [3.05, 3.63) is 52.5 Å². The SMILES string of the molecule is COc1ccc(NC(N)=NCCNS(=O)(=O)c2cc(C)ccc2C)cc1Cl.I. The lowest BCUT2D eigenvalue weighted by Crippen LogP contribution is -2.29. The minimum absolute atomic E-state index is 0. The molecule has 0 heterocycles. The molecule has 0 fully saturated rings. The van der Waals surface area contributed by atoms with Crippen molar-refractivity contribution >= 4 is 57.2 Å². The molecule has 2 rings (SSSR count). The smallest absolute Gasteiger partial charge is 0.240 e. The van der Waals surface area contributed by atoms with Crippen LogP contribution in [0.3, 0.4) is 0 Å². The molecular weight excluding hydrogens is 515 g/mol. The highest BCUT2D eigenvalue weighted by Crippen LogP contribution is 2.27. The summed E-state index contributed by atoms with van der Waals surface area (Å²) in [6, 6.07) is 10.4.